The molecule has 2 heteroatoms. The van der Waals surface area contributed by atoms with Crippen LogP contribution in [0, 0.1) is 0 Å². The van der Waals surface area contributed by atoms with Gasteiger partial charge in [0.05, 0.1) is 11.0 Å². The van der Waals surface area contributed by atoms with Gasteiger partial charge in [0, 0.05) is 34.9 Å². The highest BCUT2D eigenvalue weighted by molar-refractivity contribution is 6.21. The normalized spacial score (nSPS) is 11.4. The summed E-state index contributed by atoms with van der Waals surface area (Å²) in [6, 6.07) is 68.0. The van der Waals surface area contributed by atoms with Crippen LogP contribution in [0.5, 0.6) is 0 Å². The van der Waals surface area contributed by atoms with Crippen molar-refractivity contribution < 1.29 is 0 Å². The van der Waals surface area contributed by atoms with Crippen molar-refractivity contribution in [3.05, 3.63) is 188 Å². The van der Waals surface area contributed by atoms with Gasteiger partial charge >= 0.3 is 0 Å². The van der Waals surface area contributed by atoms with Crippen molar-refractivity contribution >= 4 is 44.0 Å². The zero-order valence-electron chi connectivity index (χ0n) is 27.3. The molecule has 9 aromatic rings. The highest BCUT2D eigenvalue weighted by atomic mass is 15.1. The molecule has 0 radical (unpaired) electrons. The van der Waals surface area contributed by atoms with Gasteiger partial charge in [0.15, 0.2) is 0 Å². The lowest BCUT2D eigenvalue weighted by Crippen LogP contribution is -2.08. The smallest absolute Gasteiger partial charge is 0.0547 e. The highest BCUT2D eigenvalue weighted by Gasteiger charge is 2.16. The molecule has 0 amide bonds. The predicted molar refractivity (Wildman–Crippen MR) is 209 cm³/mol. The van der Waals surface area contributed by atoms with Gasteiger partial charge in [0.25, 0.3) is 0 Å². The number of aromatic nitrogens is 1. The molecule has 0 aliphatic rings. The molecule has 0 unspecified atom stereocenters. The molecule has 2 nitrogen and oxygen atoms in total. The summed E-state index contributed by atoms with van der Waals surface area (Å²) < 4.78 is 2.43. The number of fused-ring (bicyclic) bond motifs is 5. The average molecular weight is 627 g/mol. The van der Waals surface area contributed by atoms with Crippen LogP contribution in [0.15, 0.2) is 188 Å². The SMILES string of the molecule is CN(c1ccccc1)c1ccc(-c2ccc(-c3ccc4c5c6ccccc6ccc5n(-c5ccc(-c6ccccc6)cc5)c4c3)cc2)cc1. The lowest BCUT2D eigenvalue weighted by Gasteiger charge is -2.19. The number of nitrogens with zero attached hydrogens (tertiary/aromatic N) is 2. The van der Waals surface area contributed by atoms with E-state index in [1.807, 2.05) is 6.07 Å². The number of hydrogen-bond donors (Lipinski definition) is 0. The van der Waals surface area contributed by atoms with Crippen molar-refractivity contribution in [3.8, 4) is 39.1 Å². The fraction of sp³-hybridized carbons (Fsp3) is 0.0213. The Morgan fingerprint density at radius 1 is 0.367 bits per heavy atom. The minimum atomic E-state index is 1.16. The lowest BCUT2D eigenvalue weighted by molar-refractivity contribution is 1.18. The number of hydrogen-bond acceptors (Lipinski definition) is 1. The average Bonchev–Trinajstić information content (AvgIpc) is 3.52. The van der Waals surface area contributed by atoms with E-state index in [2.05, 4.69) is 199 Å². The Kier molecular flexibility index (Phi) is 7.06. The van der Waals surface area contributed by atoms with Gasteiger partial charge in [0.2, 0.25) is 0 Å². The summed E-state index contributed by atoms with van der Waals surface area (Å²) in [6.07, 6.45) is 0. The number of rotatable bonds is 6. The molecule has 1 heterocycles. The van der Waals surface area contributed by atoms with E-state index in [4.69, 9.17) is 0 Å². The number of anilines is 2. The van der Waals surface area contributed by atoms with Gasteiger partial charge in [-0.15, -0.1) is 0 Å². The zero-order chi connectivity index (χ0) is 32.7. The van der Waals surface area contributed by atoms with Crippen LogP contribution in [0.1, 0.15) is 0 Å². The third-order valence-corrected chi connectivity index (χ3v) is 9.84. The molecule has 0 saturated heterocycles. The Labute approximate surface area is 286 Å². The summed E-state index contributed by atoms with van der Waals surface area (Å²) in [5.74, 6) is 0. The molecule has 49 heavy (non-hydrogen) atoms. The van der Waals surface area contributed by atoms with Gasteiger partial charge in [-0.25, -0.2) is 0 Å². The Morgan fingerprint density at radius 2 is 0.878 bits per heavy atom. The van der Waals surface area contributed by atoms with E-state index in [1.165, 1.54) is 71.6 Å². The molecule has 0 aliphatic heterocycles. The van der Waals surface area contributed by atoms with Gasteiger partial charge in [-0.2, -0.15) is 0 Å². The first-order valence-corrected chi connectivity index (χ1v) is 16.8. The summed E-state index contributed by atoms with van der Waals surface area (Å²) in [4.78, 5) is 2.21. The maximum Gasteiger partial charge on any atom is 0.0547 e. The van der Waals surface area contributed by atoms with Gasteiger partial charge in [-0.1, -0.05) is 140 Å². The molecule has 0 saturated carbocycles. The largest absolute Gasteiger partial charge is 0.345 e. The monoisotopic (exact) mass is 626 g/mol. The van der Waals surface area contributed by atoms with E-state index in [0.29, 0.717) is 0 Å². The second-order valence-electron chi connectivity index (χ2n) is 12.7. The van der Waals surface area contributed by atoms with E-state index in [-0.39, 0.29) is 0 Å². The van der Waals surface area contributed by atoms with Crippen LogP contribution in [-0.4, -0.2) is 11.6 Å². The van der Waals surface area contributed by atoms with Gasteiger partial charge < -0.3 is 9.47 Å². The second kappa shape index (κ2) is 12.0. The van der Waals surface area contributed by atoms with Gasteiger partial charge in [-0.3, -0.25) is 0 Å². The third-order valence-electron chi connectivity index (χ3n) is 9.84. The Balaban J connectivity index is 1.11. The van der Waals surface area contributed by atoms with Crippen LogP contribution >= 0.6 is 0 Å². The summed E-state index contributed by atoms with van der Waals surface area (Å²) in [5, 5.41) is 5.10. The Morgan fingerprint density at radius 3 is 1.57 bits per heavy atom. The van der Waals surface area contributed by atoms with E-state index < -0.39 is 0 Å². The molecular formula is C47H34N2. The van der Waals surface area contributed by atoms with Crippen LogP contribution in [0.4, 0.5) is 11.4 Å². The summed E-state index contributed by atoms with van der Waals surface area (Å²) >= 11 is 0. The van der Waals surface area contributed by atoms with E-state index in [9.17, 15) is 0 Å². The van der Waals surface area contributed by atoms with Crippen LogP contribution in [0.3, 0.4) is 0 Å². The van der Waals surface area contributed by atoms with Crippen molar-refractivity contribution in [2.45, 2.75) is 0 Å². The van der Waals surface area contributed by atoms with E-state index >= 15 is 0 Å². The molecule has 0 aliphatic carbocycles. The van der Waals surface area contributed by atoms with Crippen molar-refractivity contribution in [2.75, 3.05) is 11.9 Å². The Bertz CT molecular complexity index is 2560. The minimum absolute atomic E-state index is 1.16. The quantitative estimate of drug-likeness (QED) is 0.178. The molecule has 0 atom stereocenters. The van der Waals surface area contributed by atoms with E-state index in [1.54, 1.807) is 0 Å². The lowest BCUT2D eigenvalue weighted by atomic mass is 9.98. The maximum atomic E-state index is 2.43. The fourth-order valence-corrected chi connectivity index (χ4v) is 7.21. The fourth-order valence-electron chi connectivity index (χ4n) is 7.21. The highest BCUT2D eigenvalue weighted by Crippen LogP contribution is 2.39. The van der Waals surface area contributed by atoms with E-state index in [0.717, 1.165) is 11.4 Å². The van der Waals surface area contributed by atoms with Crippen LogP contribution in [0.2, 0.25) is 0 Å². The summed E-state index contributed by atoms with van der Waals surface area (Å²) in [6.45, 7) is 0. The standard InChI is InChI=1S/C47H34N2/c1-48(40-13-6-3-7-14-40)41-26-20-36(21-27-41)34-16-18-37(19-17-34)39-24-30-44-46(32-39)49(45-31-25-38-12-8-9-15-43(38)47(44)45)42-28-22-35(23-29-42)33-10-4-2-5-11-33/h2-32H,1H3. The van der Waals surface area contributed by atoms with Gasteiger partial charge in [0.1, 0.15) is 0 Å². The molecule has 1 aromatic heterocycles. The first kappa shape index (κ1) is 28.8. The molecule has 0 spiro atoms. The first-order chi connectivity index (χ1) is 24.2. The number of para-hydroxylation sites is 1. The first-order valence-electron chi connectivity index (χ1n) is 16.8. The summed E-state index contributed by atoms with van der Waals surface area (Å²) in [5.41, 5.74) is 13.2. The molecule has 0 bridgehead atoms. The number of benzene rings is 8. The summed E-state index contributed by atoms with van der Waals surface area (Å²) in [7, 11) is 2.11. The van der Waals surface area contributed by atoms with Crippen molar-refractivity contribution in [1.29, 1.82) is 0 Å². The molecule has 8 aromatic carbocycles. The maximum absolute atomic E-state index is 2.43. The molecule has 232 valence electrons. The topological polar surface area (TPSA) is 8.17 Å². The van der Waals surface area contributed by atoms with Crippen molar-refractivity contribution in [2.24, 2.45) is 0 Å². The predicted octanol–water partition coefficient (Wildman–Crippen LogP) is 12.7. The molecular weight excluding hydrogens is 593 g/mol. The molecule has 0 fully saturated rings. The molecule has 9 rings (SSSR count). The van der Waals surface area contributed by atoms with Crippen LogP contribution in [-0.2, 0) is 0 Å². The van der Waals surface area contributed by atoms with Crippen LogP contribution in [0.25, 0.3) is 71.6 Å². The van der Waals surface area contributed by atoms with Crippen molar-refractivity contribution in [3.63, 3.8) is 0 Å². The van der Waals surface area contributed by atoms with Crippen LogP contribution < -0.4 is 4.90 Å². The zero-order valence-corrected chi connectivity index (χ0v) is 27.3. The third kappa shape index (κ3) is 5.15. The molecule has 0 N–H and O–H groups in total. The van der Waals surface area contributed by atoms with Crippen molar-refractivity contribution in [1.82, 2.24) is 4.57 Å². The Hall–Kier alpha value is -6.38. The van der Waals surface area contributed by atoms with Gasteiger partial charge in [-0.05, 0) is 92.7 Å². The minimum Gasteiger partial charge on any atom is -0.345 e. The second-order valence-corrected chi connectivity index (χ2v) is 12.7.